The highest BCUT2D eigenvalue weighted by Gasteiger charge is 1.68. The van der Waals surface area contributed by atoms with E-state index in [9.17, 15) is 0 Å². The molecule has 0 saturated heterocycles. The molecule has 0 N–H and O–H groups in total. The van der Waals surface area contributed by atoms with E-state index in [4.69, 9.17) is 7.85 Å². The average Bonchev–Trinajstić information content (AvgIpc) is 0.811. The molecule has 0 amide bonds. The highest BCUT2D eigenvalue weighted by Crippen LogP contribution is 1.99. The van der Waals surface area contributed by atoms with Crippen LogP contribution < -0.4 is 0 Å². The van der Waals surface area contributed by atoms with Crippen molar-refractivity contribution in [3.05, 3.63) is 0 Å². The summed E-state index contributed by atoms with van der Waals surface area (Å²) in [6.07, 6.45) is 0. The lowest BCUT2D eigenvalue weighted by atomic mass is 10.2. The fourth-order valence-electron chi connectivity index (χ4n) is 0. The highest BCUT2D eigenvalue weighted by atomic mass is 31.1. The van der Waals surface area contributed by atoms with E-state index in [1.165, 1.54) is 0 Å². The summed E-state index contributed by atoms with van der Waals surface area (Å²) in [5.74, 6) is 0. The van der Waals surface area contributed by atoms with Crippen LogP contribution in [0.3, 0.4) is 0 Å². The summed E-state index contributed by atoms with van der Waals surface area (Å²) in [5, 5.41) is 0.167. The third kappa shape index (κ3) is 12.7. The fourth-order valence-corrected chi connectivity index (χ4v) is 0. The van der Waals surface area contributed by atoms with Crippen molar-refractivity contribution >= 4 is 26.3 Å². The molecule has 2 atom stereocenters. The van der Waals surface area contributed by atoms with Gasteiger partial charge < -0.3 is 0 Å². The maximum absolute atomic E-state index is 5.04. The van der Waals surface area contributed by atoms with Gasteiger partial charge in [-0.25, -0.2) is 0 Å². The molecule has 2 unspecified atom stereocenters. The molecule has 0 aromatic rings. The second kappa shape index (κ2) is 2.18. The molecule has 0 fully saturated rings. The van der Waals surface area contributed by atoms with Gasteiger partial charge in [-0.2, -0.15) is 0 Å². The Bertz CT molecular complexity index is 10.8. The molecular formula is CH5BP2. The van der Waals surface area contributed by atoms with Gasteiger partial charge in [-0.1, -0.05) is 0 Å². The van der Waals surface area contributed by atoms with E-state index in [2.05, 4.69) is 18.5 Å². The molecule has 0 bridgehead atoms. The molecule has 0 aromatic heterocycles. The van der Waals surface area contributed by atoms with E-state index in [0.29, 0.717) is 0 Å². The number of rotatable bonds is 0. The molecule has 0 aromatic carbocycles. The zero-order valence-electron chi connectivity index (χ0n) is 2.31. The molecule has 0 heterocycles. The zero-order chi connectivity index (χ0) is 3.58. The summed E-state index contributed by atoms with van der Waals surface area (Å²) in [4.78, 5) is 0. The Hall–Kier alpha value is 0.925. The number of hydrogen-bond acceptors (Lipinski definition) is 0. The summed E-state index contributed by atoms with van der Waals surface area (Å²) in [6.45, 7) is 0. The van der Waals surface area contributed by atoms with Crippen LogP contribution in [-0.4, -0.2) is 13.1 Å². The molecule has 22 valence electrons. The van der Waals surface area contributed by atoms with E-state index in [1.807, 2.05) is 0 Å². The van der Waals surface area contributed by atoms with Gasteiger partial charge in [0.1, 0.15) is 0 Å². The minimum absolute atomic E-state index is 0.167. The maximum Gasteiger partial charge on any atom is 0.0813 e. The Labute approximate surface area is 32.6 Å². The first-order valence-corrected chi connectivity index (χ1v) is 2.33. The zero-order valence-corrected chi connectivity index (χ0v) is 4.62. The van der Waals surface area contributed by atoms with Gasteiger partial charge in [0.05, 0.1) is 7.85 Å². The van der Waals surface area contributed by atoms with Crippen LogP contribution in [0.1, 0.15) is 0 Å². The summed E-state index contributed by atoms with van der Waals surface area (Å²) in [6, 6.07) is 0. The molecule has 2 radical (unpaired) electrons. The van der Waals surface area contributed by atoms with Gasteiger partial charge in [0.15, 0.2) is 0 Å². The maximum atomic E-state index is 5.04. The van der Waals surface area contributed by atoms with Crippen LogP contribution in [0.2, 0.25) is 0 Å². The van der Waals surface area contributed by atoms with Gasteiger partial charge in [-0.05, 0) is 5.30 Å². The van der Waals surface area contributed by atoms with Crippen LogP contribution >= 0.6 is 18.5 Å². The van der Waals surface area contributed by atoms with Crippen molar-refractivity contribution in [2.24, 2.45) is 0 Å². The molecule has 3 heteroatoms. The first kappa shape index (κ1) is 4.92. The van der Waals surface area contributed by atoms with Crippen molar-refractivity contribution in [2.45, 2.75) is 5.30 Å². The Balaban J connectivity index is 2.32. The van der Waals surface area contributed by atoms with E-state index < -0.39 is 0 Å². The Kier molecular flexibility index (Phi) is 2.68. The molecule has 0 saturated carbocycles. The molecule has 4 heavy (non-hydrogen) atoms. The monoisotopic (exact) mass is 90.0 g/mol. The van der Waals surface area contributed by atoms with E-state index in [0.717, 1.165) is 0 Å². The second-order valence-electron chi connectivity index (χ2n) is 0.577. The SMILES string of the molecule is [B]C(P)P. The summed E-state index contributed by atoms with van der Waals surface area (Å²) >= 11 is 0. The smallest absolute Gasteiger partial charge is 0.0813 e. The molecule has 0 rings (SSSR count). The van der Waals surface area contributed by atoms with Crippen LogP contribution in [0, 0.1) is 0 Å². The van der Waals surface area contributed by atoms with Gasteiger partial charge in [-0.15, -0.1) is 18.5 Å². The van der Waals surface area contributed by atoms with Crippen molar-refractivity contribution in [2.75, 3.05) is 0 Å². The molecule has 0 aliphatic rings. The van der Waals surface area contributed by atoms with Crippen LogP contribution in [-0.2, 0) is 0 Å². The molecular weight excluding hydrogens is 84.8 g/mol. The standard InChI is InChI=1S/CH5BP2/c2-1(3)4/h1H,3-4H2. The van der Waals surface area contributed by atoms with Crippen LogP contribution in [0.4, 0.5) is 0 Å². The quantitative estimate of drug-likeness (QED) is 0.294. The van der Waals surface area contributed by atoms with Crippen LogP contribution in [0.5, 0.6) is 0 Å². The van der Waals surface area contributed by atoms with Crippen molar-refractivity contribution in [1.82, 2.24) is 0 Å². The summed E-state index contributed by atoms with van der Waals surface area (Å²) in [7, 11) is 9.83. The lowest BCUT2D eigenvalue weighted by Crippen LogP contribution is -1.72. The average molecular weight is 89.8 g/mol. The van der Waals surface area contributed by atoms with Gasteiger partial charge in [0, 0.05) is 0 Å². The fraction of sp³-hybridized carbons (Fsp3) is 1.00. The third-order valence-corrected chi connectivity index (χ3v) is 0. The van der Waals surface area contributed by atoms with Crippen LogP contribution in [0.25, 0.3) is 0 Å². The predicted molar refractivity (Wildman–Crippen MR) is 29.0 cm³/mol. The number of hydrogen-bond donors (Lipinski definition) is 0. The van der Waals surface area contributed by atoms with E-state index >= 15 is 0 Å². The third-order valence-electron chi connectivity index (χ3n) is 0. The van der Waals surface area contributed by atoms with Crippen molar-refractivity contribution in [3.8, 4) is 0 Å². The minimum Gasteiger partial charge on any atom is -0.140 e. The lowest BCUT2D eigenvalue weighted by Gasteiger charge is -1.79. The van der Waals surface area contributed by atoms with E-state index in [-0.39, 0.29) is 5.30 Å². The molecule has 0 aliphatic carbocycles. The lowest BCUT2D eigenvalue weighted by molar-refractivity contribution is 2.05. The van der Waals surface area contributed by atoms with Crippen molar-refractivity contribution in [3.63, 3.8) is 0 Å². The molecule has 0 nitrogen and oxygen atoms in total. The normalized spacial score (nSPS) is 8.75. The first-order chi connectivity index (χ1) is 1.73. The Morgan fingerprint density at radius 2 is 1.50 bits per heavy atom. The van der Waals surface area contributed by atoms with Gasteiger partial charge >= 0.3 is 0 Å². The van der Waals surface area contributed by atoms with Gasteiger partial charge in [0.25, 0.3) is 0 Å². The van der Waals surface area contributed by atoms with Crippen LogP contribution in [0.15, 0.2) is 0 Å². The van der Waals surface area contributed by atoms with Crippen molar-refractivity contribution in [1.29, 1.82) is 0 Å². The Morgan fingerprint density at radius 1 is 1.50 bits per heavy atom. The first-order valence-electron chi connectivity index (χ1n) is 1.00. The Morgan fingerprint density at radius 3 is 1.50 bits per heavy atom. The summed E-state index contributed by atoms with van der Waals surface area (Å²) < 4.78 is 0. The highest BCUT2D eigenvalue weighted by molar-refractivity contribution is 7.41. The van der Waals surface area contributed by atoms with Crippen molar-refractivity contribution < 1.29 is 0 Å². The predicted octanol–water partition coefficient (Wildman–Crippen LogP) is 0.189. The summed E-state index contributed by atoms with van der Waals surface area (Å²) in [5.41, 5.74) is 0. The molecule has 0 aliphatic heterocycles. The largest absolute Gasteiger partial charge is 0.140 e. The molecule has 0 spiro atoms. The second-order valence-corrected chi connectivity index (χ2v) is 2.89. The van der Waals surface area contributed by atoms with Gasteiger partial charge in [-0.3, -0.25) is 0 Å². The topological polar surface area (TPSA) is 0 Å². The van der Waals surface area contributed by atoms with Gasteiger partial charge in [0.2, 0.25) is 0 Å². The van der Waals surface area contributed by atoms with E-state index in [1.54, 1.807) is 0 Å². The minimum atomic E-state index is 0.167.